The minimum Gasteiger partial charge on any atom is -0.385 e. The number of anilines is 1. The third-order valence-corrected chi connectivity index (χ3v) is 4.28. The summed E-state index contributed by atoms with van der Waals surface area (Å²) in [6.07, 6.45) is 0.484. The molecule has 8 heteroatoms. The average molecular weight is 415 g/mol. The Kier molecular flexibility index (Phi) is 8.96. The first kappa shape index (κ1) is 23.0. The smallest absolute Gasteiger partial charge is 0.257 e. The molecule has 0 unspecified atom stereocenters. The minimum atomic E-state index is -0.655. The first-order chi connectivity index (χ1) is 14.4. The Hall–Kier alpha value is -3.26. The largest absolute Gasteiger partial charge is 0.385 e. The van der Waals surface area contributed by atoms with Crippen molar-refractivity contribution in [3.8, 4) is 0 Å². The van der Waals surface area contributed by atoms with Gasteiger partial charge >= 0.3 is 0 Å². The van der Waals surface area contributed by atoms with Crippen LogP contribution < -0.4 is 10.6 Å². The highest BCUT2D eigenvalue weighted by molar-refractivity contribution is 5.98. The molecule has 30 heavy (non-hydrogen) atoms. The van der Waals surface area contributed by atoms with E-state index >= 15 is 0 Å². The Morgan fingerprint density at radius 3 is 2.40 bits per heavy atom. The van der Waals surface area contributed by atoms with Crippen LogP contribution in [0.2, 0.25) is 0 Å². The normalized spacial score (nSPS) is 10.4. The molecule has 0 aliphatic rings. The zero-order valence-corrected chi connectivity index (χ0v) is 17.1. The number of hydrogen-bond acceptors (Lipinski definition) is 4. The summed E-state index contributed by atoms with van der Waals surface area (Å²) < 4.78 is 19.0. The fourth-order valence-electron chi connectivity index (χ4n) is 2.71. The highest BCUT2D eigenvalue weighted by atomic mass is 19.1. The summed E-state index contributed by atoms with van der Waals surface area (Å²) in [4.78, 5) is 38.3. The number of benzene rings is 2. The topological polar surface area (TPSA) is 87.7 Å². The Morgan fingerprint density at radius 1 is 1.03 bits per heavy atom. The third kappa shape index (κ3) is 7.29. The van der Waals surface area contributed by atoms with Crippen LogP contribution in [0.15, 0.2) is 48.5 Å². The molecule has 160 valence electrons. The average Bonchev–Trinajstić information content (AvgIpc) is 2.73. The number of halogens is 1. The molecule has 0 bridgehead atoms. The number of carbonyl (C=O) groups is 3. The van der Waals surface area contributed by atoms with Gasteiger partial charge in [0.05, 0.1) is 18.7 Å². The maximum atomic E-state index is 14.0. The van der Waals surface area contributed by atoms with Crippen molar-refractivity contribution in [1.29, 1.82) is 0 Å². The predicted octanol–water partition coefficient (Wildman–Crippen LogP) is 2.37. The Balaban J connectivity index is 1.92. The second kappa shape index (κ2) is 11.7. The Labute approximate surface area is 175 Å². The zero-order valence-electron chi connectivity index (χ0n) is 17.1. The first-order valence-electron chi connectivity index (χ1n) is 9.56. The zero-order chi connectivity index (χ0) is 21.9. The van der Waals surface area contributed by atoms with Crippen molar-refractivity contribution in [1.82, 2.24) is 10.2 Å². The van der Waals surface area contributed by atoms with E-state index < -0.39 is 23.5 Å². The van der Waals surface area contributed by atoms with Crippen LogP contribution in [0.3, 0.4) is 0 Å². The molecule has 3 amide bonds. The molecule has 2 rings (SSSR count). The fraction of sp³-hybridized carbons (Fsp3) is 0.318. The van der Waals surface area contributed by atoms with E-state index in [1.807, 2.05) is 19.1 Å². The summed E-state index contributed by atoms with van der Waals surface area (Å²) in [6.45, 7) is 2.00. The molecule has 7 nitrogen and oxygen atoms in total. The van der Waals surface area contributed by atoms with E-state index in [0.29, 0.717) is 18.7 Å². The predicted molar refractivity (Wildman–Crippen MR) is 112 cm³/mol. The molecular formula is C22H26FN3O4. The molecule has 0 saturated carbocycles. The maximum Gasteiger partial charge on any atom is 0.257 e. The monoisotopic (exact) mass is 415 g/mol. The Bertz CT molecular complexity index is 871. The summed E-state index contributed by atoms with van der Waals surface area (Å²) in [5, 5.41) is 5.16. The highest BCUT2D eigenvalue weighted by Crippen LogP contribution is 2.11. The lowest BCUT2D eigenvalue weighted by Gasteiger charge is -2.22. The molecule has 2 aromatic carbocycles. The number of nitrogens with zero attached hydrogens (tertiary/aromatic N) is 1. The quantitative estimate of drug-likeness (QED) is 0.583. The van der Waals surface area contributed by atoms with Crippen LogP contribution in [0.1, 0.15) is 22.3 Å². The van der Waals surface area contributed by atoms with Gasteiger partial charge in [0.15, 0.2) is 0 Å². The molecule has 0 saturated heterocycles. The Morgan fingerprint density at radius 2 is 1.73 bits per heavy atom. The third-order valence-electron chi connectivity index (χ3n) is 4.28. The van der Waals surface area contributed by atoms with Crippen molar-refractivity contribution in [3.63, 3.8) is 0 Å². The van der Waals surface area contributed by atoms with Gasteiger partial charge in [0.1, 0.15) is 5.82 Å². The van der Waals surface area contributed by atoms with E-state index in [4.69, 9.17) is 4.74 Å². The van der Waals surface area contributed by atoms with Gasteiger partial charge in [0.2, 0.25) is 11.8 Å². The van der Waals surface area contributed by atoms with Gasteiger partial charge < -0.3 is 20.3 Å². The van der Waals surface area contributed by atoms with Crippen LogP contribution in [-0.4, -0.2) is 56.0 Å². The molecule has 0 atom stereocenters. The number of aryl methyl sites for hydroxylation is 1. The van der Waals surface area contributed by atoms with Crippen molar-refractivity contribution in [3.05, 3.63) is 65.5 Å². The van der Waals surface area contributed by atoms with Gasteiger partial charge in [-0.3, -0.25) is 14.4 Å². The summed E-state index contributed by atoms with van der Waals surface area (Å²) in [7, 11) is 1.53. The second-order valence-corrected chi connectivity index (χ2v) is 6.74. The van der Waals surface area contributed by atoms with Crippen LogP contribution in [-0.2, 0) is 14.3 Å². The maximum absolute atomic E-state index is 14.0. The molecule has 0 spiro atoms. The van der Waals surface area contributed by atoms with Crippen LogP contribution in [0.25, 0.3) is 0 Å². The van der Waals surface area contributed by atoms with E-state index in [1.165, 1.54) is 30.2 Å². The van der Waals surface area contributed by atoms with Crippen molar-refractivity contribution >= 4 is 23.4 Å². The lowest BCUT2D eigenvalue weighted by Crippen LogP contribution is -2.43. The van der Waals surface area contributed by atoms with Gasteiger partial charge in [-0.05, 0) is 37.6 Å². The molecule has 0 heterocycles. The molecule has 0 aliphatic carbocycles. The van der Waals surface area contributed by atoms with E-state index in [9.17, 15) is 18.8 Å². The SMILES string of the molecule is COCCCN(CC(=O)NCC(=O)Nc1ccc(C)cc1)C(=O)c1ccccc1F. The summed E-state index contributed by atoms with van der Waals surface area (Å²) in [5.41, 5.74) is 1.57. The molecule has 0 aliphatic heterocycles. The standard InChI is InChI=1S/C22H26FN3O4/c1-16-8-10-17(11-9-16)25-20(27)14-24-21(28)15-26(12-5-13-30-2)22(29)18-6-3-4-7-19(18)23/h3-4,6-11H,5,12-15H2,1-2H3,(H,24,28)(H,25,27). The highest BCUT2D eigenvalue weighted by Gasteiger charge is 2.21. The van der Waals surface area contributed by atoms with Crippen LogP contribution in [0.4, 0.5) is 10.1 Å². The molecule has 2 N–H and O–H groups in total. The minimum absolute atomic E-state index is 0.111. The van der Waals surface area contributed by atoms with Crippen molar-refractivity contribution in [2.24, 2.45) is 0 Å². The molecule has 0 radical (unpaired) electrons. The lowest BCUT2D eigenvalue weighted by atomic mass is 10.1. The van der Waals surface area contributed by atoms with Crippen molar-refractivity contribution in [2.45, 2.75) is 13.3 Å². The van der Waals surface area contributed by atoms with Gasteiger partial charge in [-0.1, -0.05) is 29.8 Å². The van der Waals surface area contributed by atoms with Crippen LogP contribution in [0.5, 0.6) is 0 Å². The van der Waals surface area contributed by atoms with Gasteiger partial charge in [0.25, 0.3) is 5.91 Å². The van der Waals surface area contributed by atoms with Crippen LogP contribution >= 0.6 is 0 Å². The lowest BCUT2D eigenvalue weighted by molar-refractivity contribution is -0.124. The molecule has 2 aromatic rings. The van der Waals surface area contributed by atoms with E-state index in [-0.39, 0.29) is 25.2 Å². The van der Waals surface area contributed by atoms with Gasteiger partial charge in [-0.15, -0.1) is 0 Å². The number of ether oxygens (including phenoxy) is 1. The first-order valence-corrected chi connectivity index (χ1v) is 9.56. The summed E-state index contributed by atoms with van der Waals surface area (Å²) >= 11 is 0. The van der Waals surface area contributed by atoms with E-state index in [0.717, 1.165) is 5.56 Å². The number of amides is 3. The summed E-state index contributed by atoms with van der Waals surface area (Å²) in [6, 6.07) is 12.9. The number of nitrogens with one attached hydrogen (secondary N) is 2. The van der Waals surface area contributed by atoms with Gasteiger partial charge in [-0.25, -0.2) is 4.39 Å². The van der Waals surface area contributed by atoms with E-state index in [1.54, 1.807) is 18.2 Å². The molecule has 0 aromatic heterocycles. The summed E-state index contributed by atoms with van der Waals surface area (Å²) in [5.74, 6) is -2.16. The fourth-order valence-corrected chi connectivity index (χ4v) is 2.71. The number of hydrogen-bond donors (Lipinski definition) is 2. The number of carbonyl (C=O) groups excluding carboxylic acids is 3. The van der Waals surface area contributed by atoms with Crippen LogP contribution in [0, 0.1) is 12.7 Å². The molecular weight excluding hydrogens is 389 g/mol. The van der Waals surface area contributed by atoms with Crippen molar-refractivity contribution in [2.75, 3.05) is 38.7 Å². The van der Waals surface area contributed by atoms with E-state index in [2.05, 4.69) is 10.6 Å². The van der Waals surface area contributed by atoms with Gasteiger partial charge in [0, 0.05) is 25.9 Å². The number of methoxy groups -OCH3 is 1. The van der Waals surface area contributed by atoms with Gasteiger partial charge in [-0.2, -0.15) is 0 Å². The second-order valence-electron chi connectivity index (χ2n) is 6.74. The number of rotatable bonds is 10. The van der Waals surface area contributed by atoms with Crippen molar-refractivity contribution < 1.29 is 23.5 Å². The molecule has 0 fully saturated rings.